The molecule has 0 heterocycles. The number of rotatable bonds is 17. The number of carbonyl (C=O) groups is 5. The Morgan fingerprint density at radius 3 is 1.88 bits per heavy atom. The lowest BCUT2D eigenvalue weighted by Gasteiger charge is -2.24. The van der Waals surface area contributed by atoms with E-state index >= 15 is 0 Å². The molecule has 0 aliphatic heterocycles. The zero-order valence-corrected chi connectivity index (χ0v) is 20.2. The highest BCUT2D eigenvalue weighted by Gasteiger charge is 2.29. The normalized spacial score (nSPS) is 14.1. The van der Waals surface area contributed by atoms with Gasteiger partial charge in [-0.2, -0.15) is 11.8 Å². The molecular weight excluding hydrogens is 468 g/mol. The molecular formula is C19H36N8O6S. The Labute approximate surface area is 202 Å². The van der Waals surface area contributed by atoms with E-state index < -0.39 is 53.8 Å². The van der Waals surface area contributed by atoms with Crippen LogP contribution >= 0.6 is 11.8 Å². The average Bonchev–Trinajstić information content (AvgIpc) is 2.74. The highest BCUT2D eigenvalue weighted by Crippen LogP contribution is 2.06. The van der Waals surface area contributed by atoms with E-state index in [1.54, 1.807) is 0 Å². The van der Waals surface area contributed by atoms with Crippen molar-refractivity contribution in [3.8, 4) is 0 Å². The van der Waals surface area contributed by atoms with Crippen LogP contribution in [-0.4, -0.2) is 83.4 Å². The molecule has 14 nitrogen and oxygen atoms in total. The van der Waals surface area contributed by atoms with Crippen LogP contribution < -0.4 is 38.9 Å². The Morgan fingerprint density at radius 1 is 0.882 bits per heavy atom. The zero-order valence-electron chi connectivity index (χ0n) is 19.4. The Bertz CT molecular complexity index is 744. The molecule has 0 fully saturated rings. The molecule has 0 bridgehead atoms. The largest absolute Gasteiger partial charge is 0.480 e. The van der Waals surface area contributed by atoms with Gasteiger partial charge in [-0.25, -0.2) is 4.79 Å². The maximum atomic E-state index is 12.8. The summed E-state index contributed by atoms with van der Waals surface area (Å²) >= 11 is 1.45. The minimum atomic E-state index is -1.29. The topological polar surface area (TPSA) is 258 Å². The number of hydrogen-bond acceptors (Lipinski definition) is 8. The second kappa shape index (κ2) is 16.5. The molecule has 0 saturated carbocycles. The smallest absolute Gasteiger partial charge is 0.326 e. The van der Waals surface area contributed by atoms with Crippen LogP contribution in [-0.2, 0) is 24.0 Å². The van der Waals surface area contributed by atoms with Crippen LogP contribution in [0.3, 0.4) is 0 Å². The van der Waals surface area contributed by atoms with Gasteiger partial charge in [-0.15, -0.1) is 0 Å². The Hall–Kier alpha value is -3.07. The van der Waals surface area contributed by atoms with Gasteiger partial charge in [-0.1, -0.05) is 0 Å². The lowest BCUT2D eigenvalue weighted by molar-refractivity contribution is -0.142. The van der Waals surface area contributed by atoms with Gasteiger partial charge in [0.2, 0.25) is 23.6 Å². The third-order valence-electron chi connectivity index (χ3n) is 4.53. The summed E-state index contributed by atoms with van der Waals surface area (Å²) in [7, 11) is 0. The van der Waals surface area contributed by atoms with Crippen molar-refractivity contribution in [1.29, 1.82) is 0 Å². The number of amides is 4. The first-order valence-electron chi connectivity index (χ1n) is 10.6. The SMILES string of the molecule is CSCCC(NC(=O)C(C)N)C(=O)NC(CCC(N)=O)C(=O)NC(CCCN=C(N)N)C(=O)O. The Morgan fingerprint density at radius 2 is 1.41 bits per heavy atom. The van der Waals surface area contributed by atoms with Gasteiger partial charge in [0.25, 0.3) is 0 Å². The standard InChI is InChI=1S/C19H36N8O6S/c1-10(20)15(29)25-12(7-9-34-2)17(31)26-11(5-6-14(21)28)16(30)27-13(18(32)33)4-3-8-24-19(22)23/h10-13H,3-9,20H2,1-2H3,(H2,21,28)(H,25,29)(H,26,31)(H,27,30)(H,32,33)(H4,22,23,24). The monoisotopic (exact) mass is 504 g/mol. The number of guanidine groups is 1. The molecule has 0 radical (unpaired) electrons. The summed E-state index contributed by atoms with van der Waals surface area (Å²) in [4.78, 5) is 64.2. The molecule has 0 rings (SSSR count). The third-order valence-corrected chi connectivity index (χ3v) is 5.17. The first-order chi connectivity index (χ1) is 15.9. The molecule has 194 valence electrons. The van der Waals surface area contributed by atoms with Gasteiger partial charge in [0.1, 0.15) is 18.1 Å². The molecule has 4 unspecified atom stereocenters. The number of carboxylic acids is 1. The number of carbonyl (C=O) groups excluding carboxylic acids is 4. The van der Waals surface area contributed by atoms with Crippen molar-refractivity contribution in [3.05, 3.63) is 0 Å². The second-order valence-electron chi connectivity index (χ2n) is 7.55. The molecule has 4 amide bonds. The molecule has 4 atom stereocenters. The van der Waals surface area contributed by atoms with Gasteiger partial charge in [0.15, 0.2) is 5.96 Å². The molecule has 0 aromatic carbocycles. The summed E-state index contributed by atoms with van der Waals surface area (Å²) in [5, 5.41) is 16.8. The third kappa shape index (κ3) is 13.5. The minimum absolute atomic E-state index is 0.0229. The number of carboxylic acid groups (broad SMARTS) is 1. The van der Waals surface area contributed by atoms with E-state index in [1.807, 2.05) is 6.26 Å². The molecule has 15 heteroatoms. The molecule has 0 saturated heterocycles. The number of aliphatic carboxylic acids is 1. The zero-order chi connectivity index (χ0) is 26.3. The fourth-order valence-corrected chi connectivity index (χ4v) is 3.14. The maximum absolute atomic E-state index is 12.8. The highest BCUT2D eigenvalue weighted by atomic mass is 32.2. The van der Waals surface area contributed by atoms with Crippen molar-refractivity contribution in [3.63, 3.8) is 0 Å². The number of thioether (sulfide) groups is 1. The first kappa shape index (κ1) is 30.9. The number of nitrogens with zero attached hydrogens (tertiary/aromatic N) is 1. The first-order valence-corrected chi connectivity index (χ1v) is 12.0. The molecule has 0 aliphatic carbocycles. The van der Waals surface area contributed by atoms with Crippen molar-refractivity contribution in [2.75, 3.05) is 18.6 Å². The van der Waals surface area contributed by atoms with Crippen LogP contribution in [0.15, 0.2) is 4.99 Å². The number of aliphatic imine (C=N–C) groups is 1. The van der Waals surface area contributed by atoms with Gasteiger partial charge in [0, 0.05) is 13.0 Å². The molecule has 0 aromatic heterocycles. The number of nitrogens with one attached hydrogen (secondary N) is 3. The van der Waals surface area contributed by atoms with Crippen molar-refractivity contribution in [2.45, 2.75) is 63.2 Å². The summed E-state index contributed by atoms with van der Waals surface area (Å²) in [5.41, 5.74) is 21.2. The van der Waals surface area contributed by atoms with E-state index in [2.05, 4.69) is 20.9 Å². The predicted molar refractivity (Wildman–Crippen MR) is 128 cm³/mol. The highest BCUT2D eigenvalue weighted by molar-refractivity contribution is 7.98. The van der Waals surface area contributed by atoms with Crippen LogP contribution in [0.4, 0.5) is 0 Å². The van der Waals surface area contributed by atoms with Crippen molar-refractivity contribution in [2.24, 2.45) is 27.9 Å². The minimum Gasteiger partial charge on any atom is -0.480 e. The molecule has 12 N–H and O–H groups in total. The fraction of sp³-hybridized carbons (Fsp3) is 0.684. The van der Waals surface area contributed by atoms with Crippen molar-refractivity contribution in [1.82, 2.24) is 16.0 Å². The fourth-order valence-electron chi connectivity index (χ4n) is 2.67. The lowest BCUT2D eigenvalue weighted by Crippen LogP contribution is -2.57. The van der Waals surface area contributed by atoms with E-state index in [-0.39, 0.29) is 44.6 Å². The van der Waals surface area contributed by atoms with E-state index in [4.69, 9.17) is 22.9 Å². The summed E-state index contributed by atoms with van der Waals surface area (Å²) in [6, 6.07) is -4.37. The van der Waals surface area contributed by atoms with Gasteiger partial charge in [-0.05, 0) is 44.6 Å². The average molecular weight is 505 g/mol. The van der Waals surface area contributed by atoms with Crippen LogP contribution in [0.5, 0.6) is 0 Å². The van der Waals surface area contributed by atoms with Crippen molar-refractivity contribution >= 4 is 47.3 Å². The van der Waals surface area contributed by atoms with Crippen LogP contribution in [0.1, 0.15) is 39.0 Å². The van der Waals surface area contributed by atoms with E-state index in [9.17, 15) is 29.1 Å². The Balaban J connectivity index is 5.41. The molecule has 0 spiro atoms. The quantitative estimate of drug-likeness (QED) is 0.0563. The molecule has 34 heavy (non-hydrogen) atoms. The lowest BCUT2D eigenvalue weighted by atomic mass is 10.1. The molecule has 0 aromatic rings. The van der Waals surface area contributed by atoms with Crippen LogP contribution in [0.25, 0.3) is 0 Å². The summed E-state index contributed by atoms with van der Waals surface area (Å²) in [6.45, 7) is 1.63. The number of primary amides is 1. The number of nitrogens with two attached hydrogens (primary N) is 4. The van der Waals surface area contributed by atoms with Crippen molar-refractivity contribution < 1.29 is 29.1 Å². The maximum Gasteiger partial charge on any atom is 0.326 e. The van der Waals surface area contributed by atoms with Gasteiger partial charge in [-0.3, -0.25) is 24.2 Å². The summed E-state index contributed by atoms with van der Waals surface area (Å²) in [5.74, 6) is -3.64. The second-order valence-corrected chi connectivity index (χ2v) is 8.53. The summed E-state index contributed by atoms with van der Waals surface area (Å²) < 4.78 is 0. The van der Waals surface area contributed by atoms with Crippen LogP contribution in [0, 0.1) is 0 Å². The predicted octanol–water partition coefficient (Wildman–Crippen LogP) is -3.06. The Kier molecular flexibility index (Phi) is 15.0. The van der Waals surface area contributed by atoms with Gasteiger partial charge >= 0.3 is 5.97 Å². The van der Waals surface area contributed by atoms with E-state index in [0.29, 0.717) is 5.75 Å². The van der Waals surface area contributed by atoms with E-state index in [1.165, 1.54) is 18.7 Å². The number of hydrogen-bond donors (Lipinski definition) is 8. The van der Waals surface area contributed by atoms with E-state index in [0.717, 1.165) is 0 Å². The summed E-state index contributed by atoms with van der Waals surface area (Å²) in [6.07, 6.45) is 1.98. The van der Waals surface area contributed by atoms with Gasteiger partial charge < -0.3 is 44.0 Å². The van der Waals surface area contributed by atoms with Crippen LogP contribution in [0.2, 0.25) is 0 Å². The molecule has 0 aliphatic rings. The van der Waals surface area contributed by atoms with Gasteiger partial charge in [0.05, 0.1) is 6.04 Å².